The number of imidazole rings is 1. The Morgan fingerprint density at radius 2 is 1.28 bits per heavy atom. The van der Waals surface area contributed by atoms with Crippen LogP contribution in [0.3, 0.4) is 0 Å². The van der Waals surface area contributed by atoms with Gasteiger partial charge in [0.05, 0.1) is 17.6 Å². The van der Waals surface area contributed by atoms with Crippen molar-refractivity contribution in [1.82, 2.24) is 9.55 Å². The lowest BCUT2D eigenvalue weighted by molar-refractivity contribution is 0.300. The van der Waals surface area contributed by atoms with Crippen molar-refractivity contribution in [2.45, 2.75) is 58.9 Å². The van der Waals surface area contributed by atoms with E-state index in [9.17, 15) is 0 Å². The Balaban J connectivity index is 1.57. The first-order valence-corrected chi connectivity index (χ1v) is 11.4. The summed E-state index contributed by atoms with van der Waals surface area (Å²) >= 11 is 0. The minimum Gasteiger partial charge on any atom is -0.492 e. The Hall–Kier alpha value is -3.07. The second kappa shape index (κ2) is 8.46. The molecule has 4 aromatic rings. The van der Waals surface area contributed by atoms with E-state index in [0.717, 1.165) is 34.7 Å². The fraction of sp³-hybridized carbons (Fsp3) is 0.345. The van der Waals surface area contributed by atoms with Gasteiger partial charge in [0.2, 0.25) is 0 Å². The zero-order valence-corrected chi connectivity index (χ0v) is 20.1. The lowest BCUT2D eigenvalue weighted by Gasteiger charge is -2.19. The average Bonchev–Trinajstić information content (AvgIpc) is 3.12. The van der Waals surface area contributed by atoms with Crippen LogP contribution in [0.2, 0.25) is 0 Å². The molecule has 1 aromatic heterocycles. The highest BCUT2D eigenvalue weighted by atomic mass is 16.5. The van der Waals surface area contributed by atoms with Crippen LogP contribution in [0.5, 0.6) is 5.75 Å². The van der Waals surface area contributed by atoms with Crippen molar-refractivity contribution in [3.05, 3.63) is 83.9 Å². The Kier molecular flexibility index (Phi) is 5.85. The molecule has 0 fully saturated rings. The van der Waals surface area contributed by atoms with E-state index in [1.165, 1.54) is 11.1 Å². The molecule has 0 spiro atoms. The third kappa shape index (κ3) is 4.72. The molecule has 0 aliphatic carbocycles. The molecule has 0 aliphatic heterocycles. The van der Waals surface area contributed by atoms with Gasteiger partial charge in [-0.2, -0.15) is 0 Å². The Labute approximate surface area is 192 Å². The summed E-state index contributed by atoms with van der Waals surface area (Å²) in [5.41, 5.74) is 6.19. The Bertz CT molecular complexity index is 1190. The van der Waals surface area contributed by atoms with Crippen LogP contribution in [0.25, 0.3) is 22.4 Å². The van der Waals surface area contributed by atoms with E-state index in [4.69, 9.17) is 9.72 Å². The average molecular weight is 427 g/mol. The van der Waals surface area contributed by atoms with Crippen molar-refractivity contribution < 1.29 is 4.74 Å². The molecule has 0 N–H and O–H groups in total. The summed E-state index contributed by atoms with van der Waals surface area (Å²) in [5, 5.41) is 0. The summed E-state index contributed by atoms with van der Waals surface area (Å²) in [5.74, 6) is 1.89. The van der Waals surface area contributed by atoms with E-state index in [1.807, 2.05) is 6.07 Å². The van der Waals surface area contributed by atoms with Gasteiger partial charge in [-0.05, 0) is 46.2 Å². The number of fused-ring (bicyclic) bond motifs is 1. The molecule has 0 aliphatic rings. The summed E-state index contributed by atoms with van der Waals surface area (Å²) in [6.45, 7) is 14.7. The zero-order valence-electron chi connectivity index (χ0n) is 20.1. The Morgan fingerprint density at radius 3 is 1.88 bits per heavy atom. The summed E-state index contributed by atoms with van der Waals surface area (Å²) in [6, 6.07) is 25.6. The maximum Gasteiger partial charge on any atom is 0.141 e. The molecule has 3 heteroatoms. The summed E-state index contributed by atoms with van der Waals surface area (Å²) < 4.78 is 8.37. The van der Waals surface area contributed by atoms with Crippen molar-refractivity contribution in [1.29, 1.82) is 0 Å². The second-order valence-electron chi connectivity index (χ2n) is 10.5. The van der Waals surface area contributed by atoms with E-state index in [0.29, 0.717) is 6.61 Å². The molecular formula is C29H34N2O. The van der Waals surface area contributed by atoms with Gasteiger partial charge in [0.25, 0.3) is 0 Å². The largest absolute Gasteiger partial charge is 0.492 e. The first kappa shape index (κ1) is 22.1. The molecule has 1 heterocycles. The molecule has 3 aromatic carbocycles. The number of aromatic nitrogens is 2. The van der Waals surface area contributed by atoms with Crippen molar-refractivity contribution in [2.24, 2.45) is 0 Å². The Morgan fingerprint density at radius 1 is 0.719 bits per heavy atom. The van der Waals surface area contributed by atoms with Gasteiger partial charge in [0.15, 0.2) is 0 Å². The molecule has 0 saturated heterocycles. The van der Waals surface area contributed by atoms with Gasteiger partial charge in [0.1, 0.15) is 18.2 Å². The smallest absolute Gasteiger partial charge is 0.141 e. The molecule has 32 heavy (non-hydrogen) atoms. The van der Waals surface area contributed by atoms with Crippen LogP contribution in [0.15, 0.2) is 72.8 Å². The molecule has 3 nitrogen and oxygen atoms in total. The van der Waals surface area contributed by atoms with Crippen molar-refractivity contribution in [2.75, 3.05) is 6.61 Å². The quantitative estimate of drug-likeness (QED) is 0.333. The van der Waals surface area contributed by atoms with Gasteiger partial charge in [-0.3, -0.25) is 0 Å². The molecule has 4 rings (SSSR count). The molecule has 0 saturated carbocycles. The van der Waals surface area contributed by atoms with Crippen LogP contribution in [0.4, 0.5) is 0 Å². The predicted octanol–water partition coefficient (Wildman–Crippen LogP) is 7.38. The van der Waals surface area contributed by atoms with Crippen LogP contribution >= 0.6 is 0 Å². The van der Waals surface area contributed by atoms with Crippen molar-refractivity contribution >= 4 is 11.0 Å². The summed E-state index contributed by atoms with van der Waals surface area (Å²) in [7, 11) is 0. The molecule has 0 bridgehead atoms. The van der Waals surface area contributed by atoms with Crippen molar-refractivity contribution in [3.8, 4) is 17.1 Å². The summed E-state index contributed by atoms with van der Waals surface area (Å²) in [6.07, 6.45) is 0. The highest BCUT2D eigenvalue weighted by molar-refractivity contribution is 5.80. The van der Waals surface area contributed by atoms with Crippen LogP contribution < -0.4 is 4.74 Å². The van der Waals surface area contributed by atoms with Gasteiger partial charge >= 0.3 is 0 Å². The first-order valence-electron chi connectivity index (χ1n) is 11.4. The summed E-state index contributed by atoms with van der Waals surface area (Å²) in [4.78, 5) is 4.95. The highest BCUT2D eigenvalue weighted by Gasteiger charge is 2.16. The minimum atomic E-state index is 0.134. The van der Waals surface area contributed by atoms with Gasteiger partial charge in [-0.1, -0.05) is 90.1 Å². The van der Waals surface area contributed by atoms with Gasteiger partial charge in [-0.25, -0.2) is 4.98 Å². The molecule has 0 unspecified atom stereocenters. The van der Waals surface area contributed by atoms with E-state index in [-0.39, 0.29) is 10.8 Å². The fourth-order valence-electron chi connectivity index (χ4n) is 3.95. The third-order valence-corrected chi connectivity index (χ3v) is 5.97. The first-order chi connectivity index (χ1) is 15.1. The van der Waals surface area contributed by atoms with Gasteiger partial charge in [-0.15, -0.1) is 0 Å². The maximum atomic E-state index is 6.10. The lowest BCUT2D eigenvalue weighted by atomic mass is 9.87. The maximum absolute atomic E-state index is 6.10. The SMILES string of the molecule is CC(C)(C)c1ccc(OCCn2c(-c3ccc(C(C)(C)C)cc3)nc3ccccc32)cc1. The minimum absolute atomic E-state index is 0.134. The van der Waals surface area contributed by atoms with E-state index >= 15 is 0 Å². The number of hydrogen-bond acceptors (Lipinski definition) is 2. The van der Waals surface area contributed by atoms with Crippen molar-refractivity contribution in [3.63, 3.8) is 0 Å². The zero-order chi connectivity index (χ0) is 22.9. The molecule has 166 valence electrons. The lowest BCUT2D eigenvalue weighted by Crippen LogP contribution is -2.12. The van der Waals surface area contributed by atoms with Crippen LogP contribution in [0.1, 0.15) is 52.7 Å². The van der Waals surface area contributed by atoms with E-state index in [2.05, 4.69) is 113 Å². The monoisotopic (exact) mass is 426 g/mol. The standard InChI is InChI=1S/C29H34N2O/c1-28(2,3)22-13-11-21(12-14-22)27-30-25-9-7-8-10-26(25)31(27)19-20-32-24-17-15-23(16-18-24)29(4,5)6/h7-18H,19-20H2,1-6H3. The van der Waals surface area contributed by atoms with Crippen LogP contribution in [-0.2, 0) is 17.4 Å². The van der Waals surface area contributed by atoms with Gasteiger partial charge in [0, 0.05) is 5.56 Å². The molecule has 0 amide bonds. The highest BCUT2D eigenvalue weighted by Crippen LogP contribution is 2.29. The van der Waals surface area contributed by atoms with Gasteiger partial charge < -0.3 is 9.30 Å². The number of nitrogens with zero attached hydrogens (tertiary/aromatic N) is 2. The number of rotatable bonds is 5. The van der Waals surface area contributed by atoms with E-state index < -0.39 is 0 Å². The fourth-order valence-corrected chi connectivity index (χ4v) is 3.95. The predicted molar refractivity (Wildman–Crippen MR) is 135 cm³/mol. The van der Waals surface area contributed by atoms with Crippen LogP contribution in [-0.4, -0.2) is 16.2 Å². The molecule has 0 atom stereocenters. The van der Waals surface area contributed by atoms with Crippen LogP contribution in [0, 0.1) is 0 Å². The molecule has 0 radical (unpaired) electrons. The topological polar surface area (TPSA) is 27.1 Å². The molecular weight excluding hydrogens is 392 g/mol. The third-order valence-electron chi connectivity index (χ3n) is 5.97. The number of hydrogen-bond donors (Lipinski definition) is 0. The normalized spacial score (nSPS) is 12.3. The number of ether oxygens (including phenoxy) is 1. The second-order valence-corrected chi connectivity index (χ2v) is 10.5. The van der Waals surface area contributed by atoms with E-state index in [1.54, 1.807) is 0 Å². The number of para-hydroxylation sites is 2. The number of benzene rings is 3.